The normalized spacial score (nSPS) is 11.8. The minimum Gasteiger partial charge on any atom is -0.477 e. The largest absolute Gasteiger partial charge is 0.477 e. The summed E-state index contributed by atoms with van der Waals surface area (Å²) in [7, 11) is 0. The molecule has 11 heteroatoms. The number of unbranched alkanes of at least 4 members (excludes halogenated alkanes) is 12. The monoisotopic (exact) mass is 1280 g/mol. The number of nitrogens with zero attached hydrogens (tertiary/aromatic N) is 3. The maximum absolute atomic E-state index is 12.2. The van der Waals surface area contributed by atoms with Crippen molar-refractivity contribution in [3.8, 4) is 63.7 Å². The van der Waals surface area contributed by atoms with Crippen molar-refractivity contribution in [1.82, 2.24) is 0 Å². The molecule has 0 aliphatic carbocycles. The average molecular weight is 1280 g/mol. The Bertz CT molecular complexity index is 4030. The molecular weight excluding hydrogens is 1200 g/mol. The Morgan fingerprint density at radius 2 is 0.769 bits per heavy atom. The molecule has 0 aliphatic heterocycles. The molecular formula is C80H81N3O4S4. The summed E-state index contributed by atoms with van der Waals surface area (Å²) >= 11 is 6.84. The Hall–Kier alpha value is -8.16. The summed E-state index contributed by atoms with van der Waals surface area (Å²) in [6.45, 7) is 8.97. The summed E-state index contributed by atoms with van der Waals surface area (Å²) in [6.07, 6.45) is 24.6. The number of thiophene rings is 4. The lowest BCUT2D eigenvalue weighted by Crippen LogP contribution is -2.11. The molecule has 10 aromatic rings. The topological polar surface area (TPSA) is 125 Å². The molecule has 91 heavy (non-hydrogen) atoms. The minimum atomic E-state index is -1.22. The Morgan fingerprint density at radius 3 is 1.12 bits per heavy atom. The van der Waals surface area contributed by atoms with E-state index in [-0.39, 0.29) is 11.1 Å². The van der Waals surface area contributed by atoms with Crippen LogP contribution in [-0.2, 0) is 35.3 Å². The number of para-hydroxylation sites is 2. The van der Waals surface area contributed by atoms with Crippen LogP contribution in [0.1, 0.15) is 162 Å². The summed E-state index contributed by atoms with van der Waals surface area (Å²) in [6, 6.07) is 59.6. The van der Waals surface area contributed by atoms with E-state index in [9.17, 15) is 30.3 Å². The number of aliphatic carboxylic acids is 2. The third-order valence-electron chi connectivity index (χ3n) is 17.1. The number of anilines is 3. The van der Waals surface area contributed by atoms with Crippen LogP contribution in [0.3, 0.4) is 0 Å². The molecule has 0 atom stereocenters. The molecule has 10 rings (SSSR count). The van der Waals surface area contributed by atoms with Gasteiger partial charge in [-0.05, 0) is 179 Å². The number of hydrogen-bond donors (Lipinski definition) is 2. The van der Waals surface area contributed by atoms with E-state index in [0.717, 1.165) is 196 Å². The van der Waals surface area contributed by atoms with Gasteiger partial charge in [0.25, 0.3) is 0 Å². The first-order valence-corrected chi connectivity index (χ1v) is 36.0. The predicted molar refractivity (Wildman–Crippen MR) is 389 cm³/mol. The third kappa shape index (κ3) is 15.8. The maximum Gasteiger partial charge on any atom is 0.346 e. The molecule has 0 spiro atoms. The van der Waals surface area contributed by atoms with Gasteiger partial charge in [-0.25, -0.2) is 9.59 Å². The number of carboxylic acids is 2. The fourth-order valence-electron chi connectivity index (χ4n) is 12.5. The summed E-state index contributed by atoms with van der Waals surface area (Å²) < 4.78 is 0. The lowest BCUT2D eigenvalue weighted by Gasteiger charge is -2.30. The average Bonchev–Trinajstić information content (AvgIpc) is 1.38. The molecule has 4 aromatic heterocycles. The van der Waals surface area contributed by atoms with Crippen LogP contribution in [0.4, 0.5) is 17.1 Å². The second-order valence-corrected chi connectivity index (χ2v) is 28.0. The van der Waals surface area contributed by atoms with Gasteiger partial charge in [0.15, 0.2) is 0 Å². The zero-order chi connectivity index (χ0) is 63.6. The highest BCUT2D eigenvalue weighted by Crippen LogP contribution is 2.53. The number of aryl methyl sites for hydroxylation is 4. The van der Waals surface area contributed by atoms with Crippen molar-refractivity contribution >= 4 is 108 Å². The minimum absolute atomic E-state index is 0.265. The second kappa shape index (κ2) is 32.2. The van der Waals surface area contributed by atoms with Crippen molar-refractivity contribution in [1.29, 1.82) is 10.5 Å². The number of hydrogen-bond acceptors (Lipinski definition) is 9. The van der Waals surface area contributed by atoms with Crippen molar-refractivity contribution < 1.29 is 19.8 Å². The van der Waals surface area contributed by atoms with E-state index in [1.165, 1.54) is 66.8 Å². The Balaban J connectivity index is 1.24. The highest BCUT2D eigenvalue weighted by molar-refractivity contribution is 7.25. The number of carbonyl (C=O) groups is 2. The summed E-state index contributed by atoms with van der Waals surface area (Å²) in [4.78, 5) is 35.4. The first-order chi connectivity index (χ1) is 44.5. The molecule has 0 fully saturated rings. The Morgan fingerprint density at radius 1 is 0.407 bits per heavy atom. The standard InChI is InChI=1S/C80H81N3O4S4/c1-5-9-13-20-32-55-44-65(46-61(52-81)79(84)85)88-77(55)71-50-57(34-22-15-11-7-3)75(90-71)59-40-42-67-69(48-59)73(54-30-24-17-25-31-54)70-49-60(41-43-68(70)74(67)83(63-36-26-18-27-37-63)64-38-28-19-29-39-64)76-58(35-23-16-12-8-4)51-72(91-76)78-56(33-21-14-10-6-2)45-66(89-78)47-62(53-82)80(86)87/h17-19,24-31,36-51H,5-16,20-23,32-35H2,1-4H3,(H,84,85)(H,86,87)/b61-46+,62-47+. The molecule has 464 valence electrons. The summed E-state index contributed by atoms with van der Waals surface area (Å²) in [5.74, 6) is -2.44. The molecule has 2 N–H and O–H groups in total. The lowest BCUT2D eigenvalue weighted by atomic mass is 9.87. The van der Waals surface area contributed by atoms with Crippen molar-refractivity contribution in [2.75, 3.05) is 4.90 Å². The van der Waals surface area contributed by atoms with Gasteiger partial charge in [-0.15, -0.1) is 45.3 Å². The molecule has 0 aliphatic rings. The Kier molecular flexibility index (Phi) is 23.3. The van der Waals surface area contributed by atoms with E-state index in [1.807, 2.05) is 34.8 Å². The number of carboxylic acid groups (broad SMARTS) is 2. The molecule has 4 heterocycles. The van der Waals surface area contributed by atoms with E-state index in [1.54, 1.807) is 22.7 Å². The lowest BCUT2D eigenvalue weighted by molar-refractivity contribution is -0.133. The highest BCUT2D eigenvalue weighted by Gasteiger charge is 2.27. The van der Waals surface area contributed by atoms with Gasteiger partial charge in [0.1, 0.15) is 23.3 Å². The van der Waals surface area contributed by atoms with Gasteiger partial charge >= 0.3 is 11.9 Å². The molecule has 0 saturated heterocycles. The Labute approximate surface area is 554 Å². The fourth-order valence-corrected chi connectivity index (χ4v) is 17.5. The third-order valence-corrected chi connectivity index (χ3v) is 22.2. The second-order valence-electron chi connectivity index (χ2n) is 23.7. The number of rotatable bonds is 32. The zero-order valence-corrected chi connectivity index (χ0v) is 56.2. The van der Waals surface area contributed by atoms with Crippen molar-refractivity contribution in [3.63, 3.8) is 0 Å². The maximum atomic E-state index is 12.2. The SMILES string of the molecule is CCCCCCc1cc(-c2sc(/C=C(\C#N)C(=O)O)cc2CCCCCC)sc1-c1ccc2c(N(c3ccccc3)c3ccccc3)c3ccc(-c4sc(-c5sc(/C=C(\C#N)C(=O)O)cc5CCCCCC)cc4CCCCCC)cc3c(-c3ccccc3)c2c1. The van der Waals surface area contributed by atoms with Gasteiger partial charge in [0, 0.05) is 61.2 Å². The van der Waals surface area contributed by atoms with Crippen LogP contribution in [0.25, 0.3) is 85.2 Å². The van der Waals surface area contributed by atoms with Gasteiger partial charge < -0.3 is 15.1 Å². The highest BCUT2D eigenvalue weighted by atomic mass is 32.1. The van der Waals surface area contributed by atoms with Crippen molar-refractivity contribution in [2.24, 2.45) is 0 Å². The van der Waals surface area contributed by atoms with E-state index in [2.05, 4.69) is 184 Å². The number of benzene rings is 6. The van der Waals surface area contributed by atoms with Gasteiger partial charge in [-0.3, -0.25) is 0 Å². The van der Waals surface area contributed by atoms with Crippen LogP contribution in [0.5, 0.6) is 0 Å². The molecule has 7 nitrogen and oxygen atoms in total. The van der Waals surface area contributed by atoms with E-state index < -0.39 is 11.9 Å². The van der Waals surface area contributed by atoms with Gasteiger partial charge in [-0.2, -0.15) is 10.5 Å². The first-order valence-electron chi connectivity index (χ1n) is 32.8. The number of fused-ring (bicyclic) bond motifs is 2. The van der Waals surface area contributed by atoms with Crippen molar-refractivity contribution in [2.45, 2.75) is 156 Å². The fraction of sp³-hybridized carbons (Fsp3) is 0.300. The quantitative estimate of drug-likeness (QED) is 0.0186. The van der Waals surface area contributed by atoms with E-state index >= 15 is 0 Å². The summed E-state index contributed by atoms with van der Waals surface area (Å²) in [5.41, 5.74) is 12.3. The van der Waals surface area contributed by atoms with Gasteiger partial charge in [0.05, 0.1) is 5.69 Å². The van der Waals surface area contributed by atoms with Crippen LogP contribution in [0.2, 0.25) is 0 Å². The molecule has 0 saturated carbocycles. The van der Waals surface area contributed by atoms with E-state index in [0.29, 0.717) is 0 Å². The van der Waals surface area contributed by atoms with Crippen LogP contribution < -0.4 is 4.90 Å². The van der Waals surface area contributed by atoms with Crippen LogP contribution in [-0.4, -0.2) is 22.2 Å². The molecule has 0 radical (unpaired) electrons. The van der Waals surface area contributed by atoms with E-state index in [4.69, 9.17) is 0 Å². The first kappa shape index (κ1) is 65.8. The van der Waals surface area contributed by atoms with Gasteiger partial charge in [0.2, 0.25) is 0 Å². The molecule has 0 bridgehead atoms. The number of nitriles is 2. The molecule has 0 amide bonds. The van der Waals surface area contributed by atoms with Crippen LogP contribution in [0.15, 0.2) is 163 Å². The van der Waals surface area contributed by atoms with Crippen LogP contribution in [0, 0.1) is 22.7 Å². The van der Waals surface area contributed by atoms with Crippen molar-refractivity contribution in [3.05, 3.63) is 195 Å². The smallest absolute Gasteiger partial charge is 0.346 e. The summed E-state index contributed by atoms with van der Waals surface area (Å²) in [5, 5.41) is 44.1. The molecule has 0 unspecified atom stereocenters. The predicted octanol–water partition coefficient (Wildman–Crippen LogP) is 24.5. The molecule has 6 aromatic carbocycles. The zero-order valence-electron chi connectivity index (χ0n) is 52.9. The van der Waals surface area contributed by atoms with Crippen LogP contribution >= 0.6 is 45.3 Å². The van der Waals surface area contributed by atoms with Gasteiger partial charge in [-0.1, -0.05) is 196 Å².